The monoisotopic (exact) mass is 284 g/mol. The molecule has 0 heterocycles. The zero-order chi connectivity index (χ0) is 13.5. The summed E-state index contributed by atoms with van der Waals surface area (Å²) in [7, 11) is 0. The van der Waals surface area contributed by atoms with Crippen LogP contribution in [0.5, 0.6) is 0 Å². The molecule has 4 nitrogen and oxygen atoms in total. The van der Waals surface area contributed by atoms with Gasteiger partial charge in [0.1, 0.15) is 0 Å². The van der Waals surface area contributed by atoms with E-state index in [1.54, 1.807) is 13.8 Å². The molecule has 0 aliphatic heterocycles. The topological polar surface area (TPSA) is 74.6 Å². The third-order valence-corrected chi connectivity index (χ3v) is 3.20. The average molecular weight is 284 g/mol. The Hall–Kier alpha value is 0.576. The van der Waals surface area contributed by atoms with Crippen LogP contribution >= 0.6 is 0 Å². The molecule has 0 bridgehead atoms. The van der Waals surface area contributed by atoms with Crippen LogP contribution in [-0.2, 0) is 9.59 Å². The van der Waals surface area contributed by atoms with E-state index >= 15 is 0 Å². The van der Waals surface area contributed by atoms with Crippen LogP contribution in [0.3, 0.4) is 0 Å². The predicted octanol–water partition coefficient (Wildman–Crippen LogP) is 0.275. The Morgan fingerprint density at radius 3 is 1.89 bits per heavy atom. The number of carboxylic acids is 2. The number of aliphatic carboxylic acids is 2. The average Bonchev–Trinajstić information content (AvgIpc) is 2.15. The third-order valence-electron chi connectivity index (χ3n) is 3.20. The van der Waals surface area contributed by atoms with Crippen LogP contribution in [0.2, 0.25) is 0 Å². The fourth-order valence-corrected chi connectivity index (χ4v) is 2.10. The number of unbranched alkanes of at least 4 members (excludes halogenated alkanes) is 4. The van der Waals surface area contributed by atoms with Gasteiger partial charge >= 0.3 is 63.3 Å². The fourth-order valence-electron chi connectivity index (χ4n) is 2.10. The van der Waals surface area contributed by atoms with E-state index in [2.05, 4.69) is 6.92 Å². The summed E-state index contributed by atoms with van der Waals surface area (Å²) in [6.07, 6.45) is 6.06. The number of carboxylic acid groups (broad SMARTS) is 2. The van der Waals surface area contributed by atoms with Crippen molar-refractivity contribution in [3.63, 3.8) is 0 Å². The maximum atomic E-state index is 10.9. The van der Waals surface area contributed by atoms with Crippen LogP contribution in [0.15, 0.2) is 0 Å². The normalized spacial score (nSPS) is 11.1. The minimum Gasteiger partial charge on any atom is -1.00 e. The van der Waals surface area contributed by atoms with Crippen molar-refractivity contribution in [3.8, 4) is 0 Å². The molecule has 0 aliphatic rings. The van der Waals surface area contributed by atoms with Gasteiger partial charge in [0.25, 0.3) is 0 Å². The van der Waals surface area contributed by atoms with Gasteiger partial charge in [-0.25, -0.2) is 0 Å². The van der Waals surface area contributed by atoms with Crippen molar-refractivity contribution in [1.82, 2.24) is 0 Å². The molecule has 18 heavy (non-hydrogen) atoms. The molecular weight excluding hydrogens is 259 g/mol. The van der Waals surface area contributed by atoms with Crippen molar-refractivity contribution < 1.29 is 72.6 Å². The first-order valence-corrected chi connectivity index (χ1v) is 6.28. The Balaban J connectivity index is -0.00000128. The molecule has 0 unspecified atom stereocenters. The van der Waals surface area contributed by atoms with Gasteiger partial charge in [-0.15, -0.1) is 0 Å². The standard InChI is InChI=1S/C13H24O4.K.H/c1-4-5-6-7-8-9-13(2,3)10(11(14)15)12(16)17;;/h10H,4-9H2,1-3H3,(H,14,15)(H,16,17);;/q;+1;-1. The minimum atomic E-state index is -1.31. The van der Waals surface area contributed by atoms with Crippen molar-refractivity contribution in [3.05, 3.63) is 0 Å². The molecule has 0 fully saturated rings. The molecule has 0 radical (unpaired) electrons. The van der Waals surface area contributed by atoms with E-state index < -0.39 is 23.3 Å². The van der Waals surface area contributed by atoms with Gasteiger partial charge in [-0.05, 0) is 11.8 Å². The molecule has 0 saturated carbocycles. The Morgan fingerprint density at radius 1 is 1.06 bits per heavy atom. The first-order chi connectivity index (χ1) is 7.83. The Labute approximate surface area is 153 Å². The maximum Gasteiger partial charge on any atom is 1.00 e. The van der Waals surface area contributed by atoms with Gasteiger partial charge in [-0.3, -0.25) is 9.59 Å². The van der Waals surface area contributed by atoms with Crippen LogP contribution in [0.4, 0.5) is 0 Å². The van der Waals surface area contributed by atoms with E-state index in [4.69, 9.17) is 10.2 Å². The summed E-state index contributed by atoms with van der Waals surface area (Å²) in [6.45, 7) is 5.58. The number of hydrogen-bond acceptors (Lipinski definition) is 2. The van der Waals surface area contributed by atoms with Crippen LogP contribution in [0.25, 0.3) is 0 Å². The maximum absolute atomic E-state index is 10.9. The van der Waals surface area contributed by atoms with E-state index in [1.165, 1.54) is 6.42 Å². The largest absolute Gasteiger partial charge is 1.00 e. The van der Waals surface area contributed by atoms with Crippen LogP contribution < -0.4 is 51.4 Å². The molecule has 0 amide bonds. The molecule has 102 valence electrons. The Kier molecular flexibility index (Phi) is 12.0. The van der Waals surface area contributed by atoms with Gasteiger partial charge in [0.15, 0.2) is 5.92 Å². The molecule has 5 heteroatoms. The smallest absolute Gasteiger partial charge is 1.00 e. The summed E-state index contributed by atoms with van der Waals surface area (Å²) in [5, 5.41) is 17.9. The van der Waals surface area contributed by atoms with Crippen LogP contribution in [0.1, 0.15) is 60.7 Å². The summed E-state index contributed by atoms with van der Waals surface area (Å²) in [6, 6.07) is 0. The van der Waals surface area contributed by atoms with Crippen molar-refractivity contribution in [2.45, 2.75) is 59.3 Å². The first-order valence-electron chi connectivity index (χ1n) is 6.28. The van der Waals surface area contributed by atoms with Gasteiger partial charge in [0.05, 0.1) is 0 Å². The van der Waals surface area contributed by atoms with Gasteiger partial charge in [-0.2, -0.15) is 0 Å². The summed E-state index contributed by atoms with van der Waals surface area (Å²) < 4.78 is 0. The van der Waals surface area contributed by atoms with Crippen LogP contribution in [0, 0.1) is 11.3 Å². The van der Waals surface area contributed by atoms with Crippen molar-refractivity contribution in [2.75, 3.05) is 0 Å². The van der Waals surface area contributed by atoms with Crippen LogP contribution in [-0.4, -0.2) is 22.2 Å². The molecule has 0 saturated heterocycles. The molecule has 0 atom stereocenters. The van der Waals surface area contributed by atoms with Gasteiger partial charge in [-0.1, -0.05) is 52.9 Å². The summed E-state index contributed by atoms with van der Waals surface area (Å²) in [5.41, 5.74) is -0.691. The number of hydrogen-bond donors (Lipinski definition) is 2. The van der Waals surface area contributed by atoms with Crippen molar-refractivity contribution in [2.24, 2.45) is 11.3 Å². The zero-order valence-corrected chi connectivity index (χ0v) is 15.2. The second kappa shape index (κ2) is 10.4. The van der Waals surface area contributed by atoms with Gasteiger partial charge < -0.3 is 11.6 Å². The minimum absolute atomic E-state index is 0. The molecule has 0 spiro atoms. The molecule has 0 aromatic carbocycles. The number of carbonyl (C=O) groups is 2. The second-order valence-electron chi connectivity index (χ2n) is 5.26. The fraction of sp³-hybridized carbons (Fsp3) is 0.846. The molecular formula is C13H25KO4. The summed E-state index contributed by atoms with van der Waals surface area (Å²) in [4.78, 5) is 21.9. The molecule has 0 aliphatic carbocycles. The van der Waals surface area contributed by atoms with E-state index in [0.717, 1.165) is 25.7 Å². The van der Waals surface area contributed by atoms with Gasteiger partial charge in [0.2, 0.25) is 0 Å². The van der Waals surface area contributed by atoms with E-state index in [9.17, 15) is 9.59 Å². The first kappa shape index (κ1) is 20.9. The third kappa shape index (κ3) is 7.89. The van der Waals surface area contributed by atoms with E-state index in [1.807, 2.05) is 0 Å². The van der Waals surface area contributed by atoms with E-state index in [0.29, 0.717) is 6.42 Å². The number of rotatable bonds is 9. The molecule has 0 aromatic heterocycles. The SMILES string of the molecule is CCCCCCCC(C)(C)C(C(=O)O)C(=O)O.[H-].[K+]. The summed E-state index contributed by atoms with van der Waals surface area (Å²) in [5.74, 6) is -3.79. The zero-order valence-electron chi connectivity index (χ0n) is 13.0. The quantitative estimate of drug-likeness (QED) is 0.362. The predicted molar refractivity (Wildman–Crippen MR) is 67.0 cm³/mol. The summed E-state index contributed by atoms with van der Waals surface area (Å²) >= 11 is 0. The molecule has 0 aromatic rings. The second-order valence-corrected chi connectivity index (χ2v) is 5.26. The van der Waals surface area contributed by atoms with Gasteiger partial charge in [0, 0.05) is 0 Å². The van der Waals surface area contributed by atoms with Crippen molar-refractivity contribution in [1.29, 1.82) is 0 Å². The molecule has 0 rings (SSSR count). The van der Waals surface area contributed by atoms with Crippen molar-refractivity contribution >= 4 is 11.9 Å². The Morgan fingerprint density at radius 2 is 1.50 bits per heavy atom. The Bertz CT molecular complexity index is 255. The molecule has 2 N–H and O–H groups in total. The van der Waals surface area contributed by atoms with E-state index in [-0.39, 0.29) is 52.8 Å².